The lowest BCUT2D eigenvalue weighted by Crippen LogP contribution is -2.23. The number of amides is 1. The zero-order valence-corrected chi connectivity index (χ0v) is 11.5. The van der Waals surface area contributed by atoms with E-state index in [4.69, 9.17) is 27.4 Å². The maximum absolute atomic E-state index is 12.0. The van der Waals surface area contributed by atoms with E-state index in [1.54, 1.807) is 18.2 Å². The van der Waals surface area contributed by atoms with Gasteiger partial charge in [0.05, 0.1) is 25.3 Å². The van der Waals surface area contributed by atoms with Crippen LogP contribution in [0.5, 0.6) is 5.75 Å². The first-order valence-corrected chi connectivity index (χ1v) is 6.39. The van der Waals surface area contributed by atoms with Gasteiger partial charge in [-0.25, -0.2) is 0 Å². The molecule has 0 aliphatic carbocycles. The van der Waals surface area contributed by atoms with E-state index in [-0.39, 0.29) is 11.8 Å². The summed E-state index contributed by atoms with van der Waals surface area (Å²) in [6.45, 7) is 1.11. The third-order valence-electron chi connectivity index (χ3n) is 3.04. The minimum absolute atomic E-state index is 0.0566. The summed E-state index contributed by atoms with van der Waals surface area (Å²) in [6.07, 6.45) is 0.749. The zero-order chi connectivity index (χ0) is 13.8. The number of thiocarbonyl (C=S) groups is 1. The van der Waals surface area contributed by atoms with E-state index >= 15 is 0 Å². The molecule has 0 radical (unpaired) electrons. The number of ether oxygens (including phenoxy) is 2. The van der Waals surface area contributed by atoms with E-state index in [1.807, 2.05) is 0 Å². The summed E-state index contributed by atoms with van der Waals surface area (Å²) in [5, 5.41) is 2.84. The quantitative estimate of drug-likeness (QED) is 0.813. The third kappa shape index (κ3) is 3.21. The van der Waals surface area contributed by atoms with Crippen LogP contribution in [0.25, 0.3) is 0 Å². The van der Waals surface area contributed by atoms with Gasteiger partial charge in [0.15, 0.2) is 0 Å². The molecule has 5 nitrogen and oxygen atoms in total. The number of carbonyl (C=O) groups is 1. The number of methoxy groups -OCH3 is 1. The summed E-state index contributed by atoms with van der Waals surface area (Å²) in [5.41, 5.74) is 6.87. The lowest BCUT2D eigenvalue weighted by Gasteiger charge is -2.13. The second kappa shape index (κ2) is 5.99. The van der Waals surface area contributed by atoms with E-state index in [0.29, 0.717) is 35.2 Å². The standard InChI is InChI=1S/C13H16N2O3S/c1-17-11-6-8(12(14)19)2-3-10(11)15-13(16)9-4-5-18-7-9/h2-3,6,9H,4-5,7H2,1H3,(H2,14,19)(H,15,16). The van der Waals surface area contributed by atoms with E-state index in [9.17, 15) is 4.79 Å². The molecule has 1 aliphatic heterocycles. The maximum atomic E-state index is 12.0. The summed E-state index contributed by atoms with van der Waals surface area (Å²) < 4.78 is 10.4. The van der Waals surface area contributed by atoms with Crippen molar-refractivity contribution in [3.8, 4) is 5.75 Å². The number of carbonyl (C=O) groups excluding carboxylic acids is 1. The molecule has 1 saturated heterocycles. The van der Waals surface area contributed by atoms with Crippen molar-refractivity contribution in [1.29, 1.82) is 0 Å². The van der Waals surface area contributed by atoms with Crippen molar-refractivity contribution in [2.24, 2.45) is 11.7 Å². The normalized spacial score (nSPS) is 18.1. The Balaban J connectivity index is 2.15. The Kier molecular flexibility index (Phi) is 4.34. The van der Waals surface area contributed by atoms with Crippen LogP contribution in [0.4, 0.5) is 5.69 Å². The number of hydrogen-bond donors (Lipinski definition) is 2. The molecule has 1 aromatic rings. The Morgan fingerprint density at radius 2 is 2.37 bits per heavy atom. The van der Waals surface area contributed by atoms with E-state index in [0.717, 1.165) is 6.42 Å². The molecular formula is C13H16N2O3S. The molecule has 1 amide bonds. The van der Waals surface area contributed by atoms with Gasteiger partial charge in [0.1, 0.15) is 10.7 Å². The molecule has 1 atom stereocenters. The highest BCUT2D eigenvalue weighted by Gasteiger charge is 2.24. The van der Waals surface area contributed by atoms with Crippen molar-refractivity contribution < 1.29 is 14.3 Å². The molecular weight excluding hydrogens is 264 g/mol. The fourth-order valence-corrected chi connectivity index (χ4v) is 2.05. The van der Waals surface area contributed by atoms with Crippen molar-refractivity contribution in [1.82, 2.24) is 0 Å². The van der Waals surface area contributed by atoms with Crippen LogP contribution in [0.2, 0.25) is 0 Å². The van der Waals surface area contributed by atoms with Crippen LogP contribution in [0.1, 0.15) is 12.0 Å². The first-order valence-electron chi connectivity index (χ1n) is 5.98. The number of benzene rings is 1. The summed E-state index contributed by atoms with van der Waals surface area (Å²) >= 11 is 4.91. The SMILES string of the molecule is COc1cc(C(N)=S)ccc1NC(=O)C1CCOC1. The molecule has 6 heteroatoms. The minimum atomic E-state index is -0.0973. The Labute approximate surface area is 117 Å². The van der Waals surface area contributed by atoms with Crippen LogP contribution in [-0.2, 0) is 9.53 Å². The molecule has 1 aliphatic rings. The maximum Gasteiger partial charge on any atom is 0.230 e. The first kappa shape index (κ1) is 13.8. The topological polar surface area (TPSA) is 73.6 Å². The molecule has 1 fully saturated rings. The summed E-state index contributed by atoms with van der Waals surface area (Å²) in [7, 11) is 1.53. The highest BCUT2D eigenvalue weighted by Crippen LogP contribution is 2.27. The highest BCUT2D eigenvalue weighted by molar-refractivity contribution is 7.80. The fraction of sp³-hybridized carbons (Fsp3) is 0.385. The zero-order valence-electron chi connectivity index (χ0n) is 10.6. The van der Waals surface area contributed by atoms with Crippen molar-refractivity contribution in [2.75, 3.05) is 25.6 Å². The second-order valence-electron chi connectivity index (χ2n) is 4.33. The van der Waals surface area contributed by atoms with Gasteiger partial charge >= 0.3 is 0 Å². The summed E-state index contributed by atoms with van der Waals surface area (Å²) in [5.74, 6) is 0.386. The summed E-state index contributed by atoms with van der Waals surface area (Å²) in [4.78, 5) is 12.3. The van der Waals surface area contributed by atoms with Gasteiger partial charge in [0.25, 0.3) is 0 Å². The van der Waals surface area contributed by atoms with Crippen LogP contribution in [0.3, 0.4) is 0 Å². The average Bonchev–Trinajstić information content (AvgIpc) is 2.92. The number of anilines is 1. The third-order valence-corrected chi connectivity index (χ3v) is 3.28. The highest BCUT2D eigenvalue weighted by atomic mass is 32.1. The van der Waals surface area contributed by atoms with Crippen molar-refractivity contribution in [3.63, 3.8) is 0 Å². The Morgan fingerprint density at radius 1 is 1.58 bits per heavy atom. The Hall–Kier alpha value is -1.66. The van der Waals surface area contributed by atoms with Gasteiger partial charge in [-0.3, -0.25) is 4.79 Å². The number of rotatable bonds is 4. The number of hydrogen-bond acceptors (Lipinski definition) is 4. The number of nitrogens with one attached hydrogen (secondary N) is 1. The van der Waals surface area contributed by atoms with Gasteiger partial charge in [0, 0.05) is 12.2 Å². The van der Waals surface area contributed by atoms with Crippen LogP contribution < -0.4 is 15.8 Å². The van der Waals surface area contributed by atoms with Crippen LogP contribution in [-0.4, -0.2) is 31.2 Å². The molecule has 2 rings (SSSR count). The van der Waals surface area contributed by atoms with Gasteiger partial charge in [-0.2, -0.15) is 0 Å². The lowest BCUT2D eigenvalue weighted by atomic mass is 10.1. The molecule has 1 heterocycles. The summed E-state index contributed by atoms with van der Waals surface area (Å²) in [6, 6.07) is 5.20. The van der Waals surface area contributed by atoms with Crippen LogP contribution in [0, 0.1) is 5.92 Å². The van der Waals surface area contributed by atoms with E-state index in [1.165, 1.54) is 7.11 Å². The lowest BCUT2D eigenvalue weighted by molar-refractivity contribution is -0.119. The van der Waals surface area contributed by atoms with Gasteiger partial charge in [0.2, 0.25) is 5.91 Å². The molecule has 0 bridgehead atoms. The molecule has 1 aromatic carbocycles. The van der Waals surface area contributed by atoms with Crippen LogP contribution >= 0.6 is 12.2 Å². The molecule has 1 unspecified atom stereocenters. The second-order valence-corrected chi connectivity index (χ2v) is 4.77. The molecule has 0 aromatic heterocycles. The van der Waals surface area contributed by atoms with E-state index in [2.05, 4.69) is 5.32 Å². The molecule has 3 N–H and O–H groups in total. The minimum Gasteiger partial charge on any atom is -0.495 e. The van der Waals surface area contributed by atoms with Gasteiger partial charge in [-0.15, -0.1) is 0 Å². The predicted octanol–water partition coefficient (Wildman–Crippen LogP) is 1.30. The molecule has 19 heavy (non-hydrogen) atoms. The first-order chi connectivity index (χ1) is 9.11. The average molecular weight is 280 g/mol. The smallest absolute Gasteiger partial charge is 0.230 e. The molecule has 0 saturated carbocycles. The van der Waals surface area contributed by atoms with Crippen LogP contribution in [0.15, 0.2) is 18.2 Å². The molecule has 0 spiro atoms. The fourth-order valence-electron chi connectivity index (χ4n) is 1.92. The van der Waals surface area contributed by atoms with Crippen molar-refractivity contribution in [2.45, 2.75) is 6.42 Å². The largest absolute Gasteiger partial charge is 0.495 e. The Morgan fingerprint density at radius 3 is 2.95 bits per heavy atom. The van der Waals surface area contributed by atoms with E-state index < -0.39 is 0 Å². The molecule has 102 valence electrons. The van der Waals surface area contributed by atoms with Crippen molar-refractivity contribution in [3.05, 3.63) is 23.8 Å². The van der Waals surface area contributed by atoms with Gasteiger partial charge in [-0.1, -0.05) is 12.2 Å². The number of nitrogens with two attached hydrogens (primary N) is 1. The Bertz CT molecular complexity index is 499. The van der Waals surface area contributed by atoms with Gasteiger partial charge < -0.3 is 20.5 Å². The monoisotopic (exact) mass is 280 g/mol. The van der Waals surface area contributed by atoms with Crippen molar-refractivity contribution >= 4 is 28.8 Å². The predicted molar refractivity (Wildman–Crippen MR) is 76.4 cm³/mol. The van der Waals surface area contributed by atoms with Gasteiger partial charge in [-0.05, 0) is 24.6 Å².